The standard InChI is InChI=1S/C16H15F2NO3/c1-2-21-14-5-3-4-6-15(14)22-10-16(20)19-13-8-7-11(17)9-12(13)18/h3-9H,2,10H2,1H3,(H,19,20). The van der Waals surface area contributed by atoms with Crippen molar-refractivity contribution in [1.82, 2.24) is 0 Å². The van der Waals surface area contributed by atoms with Crippen LogP contribution in [0.15, 0.2) is 42.5 Å². The number of hydrogen-bond acceptors (Lipinski definition) is 3. The molecule has 0 aliphatic heterocycles. The lowest BCUT2D eigenvalue weighted by Gasteiger charge is -2.11. The maximum absolute atomic E-state index is 13.4. The summed E-state index contributed by atoms with van der Waals surface area (Å²) in [7, 11) is 0. The minimum Gasteiger partial charge on any atom is -0.490 e. The summed E-state index contributed by atoms with van der Waals surface area (Å²) in [6.07, 6.45) is 0. The van der Waals surface area contributed by atoms with Gasteiger partial charge in [-0.15, -0.1) is 0 Å². The lowest BCUT2D eigenvalue weighted by molar-refractivity contribution is -0.118. The molecule has 0 aliphatic carbocycles. The Balaban J connectivity index is 1.95. The molecule has 0 atom stereocenters. The van der Waals surface area contributed by atoms with Gasteiger partial charge in [-0.2, -0.15) is 0 Å². The van der Waals surface area contributed by atoms with Crippen LogP contribution in [0.4, 0.5) is 14.5 Å². The van der Waals surface area contributed by atoms with Gasteiger partial charge in [-0.3, -0.25) is 4.79 Å². The highest BCUT2D eigenvalue weighted by atomic mass is 19.1. The Morgan fingerprint density at radius 3 is 2.41 bits per heavy atom. The van der Waals surface area contributed by atoms with Crippen LogP contribution in [0.1, 0.15) is 6.92 Å². The summed E-state index contributed by atoms with van der Waals surface area (Å²) in [4.78, 5) is 11.8. The number of nitrogens with one attached hydrogen (secondary N) is 1. The number of halogens is 2. The largest absolute Gasteiger partial charge is 0.490 e. The van der Waals surface area contributed by atoms with Gasteiger partial charge in [-0.05, 0) is 31.2 Å². The van der Waals surface area contributed by atoms with Gasteiger partial charge in [0.1, 0.15) is 11.6 Å². The van der Waals surface area contributed by atoms with E-state index in [4.69, 9.17) is 9.47 Å². The number of benzene rings is 2. The predicted octanol–water partition coefficient (Wildman–Crippen LogP) is 3.38. The van der Waals surface area contributed by atoms with Crippen LogP contribution in [-0.4, -0.2) is 19.1 Å². The Bertz CT molecular complexity index is 662. The number of hydrogen-bond donors (Lipinski definition) is 1. The first-order valence-electron chi connectivity index (χ1n) is 6.69. The molecule has 0 bridgehead atoms. The lowest BCUT2D eigenvalue weighted by atomic mass is 10.3. The van der Waals surface area contributed by atoms with E-state index in [-0.39, 0.29) is 12.3 Å². The first kappa shape index (κ1) is 15.8. The fraction of sp³-hybridized carbons (Fsp3) is 0.188. The molecule has 0 aromatic heterocycles. The Hall–Kier alpha value is -2.63. The summed E-state index contributed by atoms with van der Waals surface area (Å²) in [6.45, 7) is 1.98. The minimum absolute atomic E-state index is 0.104. The van der Waals surface area contributed by atoms with E-state index in [0.29, 0.717) is 24.2 Å². The van der Waals surface area contributed by atoms with Crippen molar-refractivity contribution in [2.45, 2.75) is 6.92 Å². The van der Waals surface area contributed by atoms with Crippen molar-refractivity contribution in [2.24, 2.45) is 0 Å². The molecule has 0 radical (unpaired) electrons. The summed E-state index contributed by atoms with van der Waals surface area (Å²) in [5, 5.41) is 2.31. The summed E-state index contributed by atoms with van der Waals surface area (Å²) in [5.41, 5.74) is -0.104. The van der Waals surface area contributed by atoms with Gasteiger partial charge >= 0.3 is 0 Å². The zero-order valence-electron chi connectivity index (χ0n) is 11.9. The molecule has 1 N–H and O–H groups in total. The van der Waals surface area contributed by atoms with Gasteiger partial charge in [0.05, 0.1) is 12.3 Å². The normalized spacial score (nSPS) is 10.1. The summed E-state index contributed by atoms with van der Waals surface area (Å²) in [5.74, 6) is -1.18. The van der Waals surface area contributed by atoms with Crippen LogP contribution in [0.3, 0.4) is 0 Å². The van der Waals surface area contributed by atoms with E-state index in [0.717, 1.165) is 12.1 Å². The molecule has 0 heterocycles. The molecule has 116 valence electrons. The van der Waals surface area contributed by atoms with E-state index in [9.17, 15) is 13.6 Å². The Morgan fingerprint density at radius 1 is 1.09 bits per heavy atom. The molecule has 22 heavy (non-hydrogen) atoms. The first-order valence-corrected chi connectivity index (χ1v) is 6.69. The highest BCUT2D eigenvalue weighted by molar-refractivity contribution is 5.92. The molecule has 2 rings (SSSR count). The highest BCUT2D eigenvalue weighted by Gasteiger charge is 2.10. The van der Waals surface area contributed by atoms with Gasteiger partial charge < -0.3 is 14.8 Å². The number of anilines is 1. The maximum atomic E-state index is 13.4. The quantitative estimate of drug-likeness (QED) is 0.890. The summed E-state index contributed by atoms with van der Waals surface area (Å²) < 4.78 is 36.9. The Morgan fingerprint density at radius 2 is 1.77 bits per heavy atom. The highest BCUT2D eigenvalue weighted by Crippen LogP contribution is 2.26. The van der Waals surface area contributed by atoms with E-state index < -0.39 is 17.5 Å². The number of amides is 1. The average molecular weight is 307 g/mol. The fourth-order valence-electron chi connectivity index (χ4n) is 1.76. The third-order valence-corrected chi connectivity index (χ3v) is 2.71. The average Bonchev–Trinajstić information content (AvgIpc) is 2.49. The smallest absolute Gasteiger partial charge is 0.262 e. The van der Waals surface area contributed by atoms with Gasteiger partial charge in [0, 0.05) is 6.07 Å². The van der Waals surface area contributed by atoms with Gasteiger partial charge in [0.2, 0.25) is 0 Å². The van der Waals surface area contributed by atoms with Crippen molar-refractivity contribution >= 4 is 11.6 Å². The number of carbonyl (C=O) groups is 1. The van der Waals surface area contributed by atoms with Crippen molar-refractivity contribution in [3.8, 4) is 11.5 Å². The van der Waals surface area contributed by atoms with E-state index in [2.05, 4.69) is 5.32 Å². The zero-order valence-corrected chi connectivity index (χ0v) is 11.9. The van der Waals surface area contributed by atoms with Crippen LogP contribution in [0.25, 0.3) is 0 Å². The summed E-state index contributed by atoms with van der Waals surface area (Å²) in [6, 6.07) is 9.82. The van der Waals surface area contributed by atoms with Crippen LogP contribution in [0.2, 0.25) is 0 Å². The maximum Gasteiger partial charge on any atom is 0.262 e. The van der Waals surface area contributed by atoms with Gasteiger partial charge in [0.15, 0.2) is 18.1 Å². The SMILES string of the molecule is CCOc1ccccc1OCC(=O)Nc1ccc(F)cc1F. The molecule has 0 aliphatic rings. The topological polar surface area (TPSA) is 47.6 Å². The Kier molecular flexibility index (Phi) is 5.30. The van der Waals surface area contributed by atoms with E-state index in [1.165, 1.54) is 0 Å². The van der Waals surface area contributed by atoms with Gasteiger partial charge in [-0.1, -0.05) is 12.1 Å². The molecule has 0 spiro atoms. The first-order chi connectivity index (χ1) is 10.6. The van der Waals surface area contributed by atoms with Crippen molar-refractivity contribution in [3.05, 3.63) is 54.1 Å². The molecule has 0 saturated carbocycles. The minimum atomic E-state index is -0.844. The second-order valence-electron chi connectivity index (χ2n) is 4.34. The van der Waals surface area contributed by atoms with E-state index in [1.807, 2.05) is 6.92 Å². The van der Waals surface area contributed by atoms with Crippen LogP contribution in [0.5, 0.6) is 11.5 Å². The van der Waals surface area contributed by atoms with E-state index >= 15 is 0 Å². The second-order valence-corrected chi connectivity index (χ2v) is 4.34. The molecule has 0 fully saturated rings. The Labute approximate surface area is 126 Å². The molecular weight excluding hydrogens is 292 g/mol. The third kappa shape index (κ3) is 4.18. The molecule has 0 saturated heterocycles. The second kappa shape index (κ2) is 7.40. The monoisotopic (exact) mass is 307 g/mol. The van der Waals surface area contributed by atoms with E-state index in [1.54, 1.807) is 24.3 Å². The molecule has 1 amide bonds. The molecule has 4 nitrogen and oxygen atoms in total. The zero-order chi connectivity index (χ0) is 15.9. The molecule has 2 aromatic carbocycles. The molecule has 2 aromatic rings. The van der Waals surface area contributed by atoms with Crippen LogP contribution >= 0.6 is 0 Å². The van der Waals surface area contributed by atoms with Crippen molar-refractivity contribution in [2.75, 3.05) is 18.5 Å². The van der Waals surface area contributed by atoms with Crippen molar-refractivity contribution < 1.29 is 23.0 Å². The molecule has 0 unspecified atom stereocenters. The summed E-state index contributed by atoms with van der Waals surface area (Å²) >= 11 is 0. The van der Waals surface area contributed by atoms with Gasteiger partial charge in [-0.25, -0.2) is 8.78 Å². The van der Waals surface area contributed by atoms with Crippen LogP contribution in [-0.2, 0) is 4.79 Å². The predicted molar refractivity (Wildman–Crippen MR) is 78.1 cm³/mol. The van der Waals surface area contributed by atoms with Crippen molar-refractivity contribution in [3.63, 3.8) is 0 Å². The number of ether oxygens (including phenoxy) is 2. The number of carbonyl (C=O) groups excluding carboxylic acids is 1. The molecule has 6 heteroatoms. The number of para-hydroxylation sites is 2. The number of rotatable bonds is 6. The van der Waals surface area contributed by atoms with Crippen molar-refractivity contribution in [1.29, 1.82) is 0 Å². The fourth-order valence-corrected chi connectivity index (χ4v) is 1.76. The van der Waals surface area contributed by atoms with Crippen LogP contribution < -0.4 is 14.8 Å². The third-order valence-electron chi connectivity index (χ3n) is 2.71. The lowest BCUT2D eigenvalue weighted by Crippen LogP contribution is -2.21. The van der Waals surface area contributed by atoms with Crippen LogP contribution in [0, 0.1) is 11.6 Å². The molecular formula is C16H15F2NO3. The van der Waals surface area contributed by atoms with Gasteiger partial charge in [0.25, 0.3) is 5.91 Å².